The second-order valence-corrected chi connectivity index (χ2v) is 8.65. The highest BCUT2D eigenvalue weighted by Gasteiger charge is 2.36. The van der Waals surface area contributed by atoms with Crippen LogP contribution >= 0.6 is 23.8 Å². The van der Waals surface area contributed by atoms with Gasteiger partial charge in [0.2, 0.25) is 0 Å². The van der Waals surface area contributed by atoms with Crippen molar-refractivity contribution in [3.63, 3.8) is 0 Å². The summed E-state index contributed by atoms with van der Waals surface area (Å²) in [6, 6.07) is 18.0. The van der Waals surface area contributed by atoms with Crippen molar-refractivity contribution in [1.29, 1.82) is 0 Å². The van der Waals surface area contributed by atoms with E-state index in [1.807, 2.05) is 30.3 Å². The van der Waals surface area contributed by atoms with Gasteiger partial charge in [-0.25, -0.2) is 4.39 Å². The van der Waals surface area contributed by atoms with Crippen LogP contribution in [0.1, 0.15) is 23.7 Å². The Morgan fingerprint density at radius 2 is 2.03 bits per heavy atom. The first kappa shape index (κ1) is 22.3. The van der Waals surface area contributed by atoms with E-state index in [9.17, 15) is 4.39 Å². The summed E-state index contributed by atoms with van der Waals surface area (Å²) < 4.78 is 20.9. The van der Waals surface area contributed by atoms with Crippen LogP contribution in [0.5, 0.6) is 0 Å². The molecule has 0 saturated carbocycles. The highest BCUT2D eigenvalue weighted by Crippen LogP contribution is 2.34. The van der Waals surface area contributed by atoms with Gasteiger partial charge in [-0.1, -0.05) is 54.2 Å². The van der Waals surface area contributed by atoms with Gasteiger partial charge in [-0.15, -0.1) is 0 Å². The lowest BCUT2D eigenvalue weighted by Crippen LogP contribution is -2.45. The number of amidine groups is 1. The predicted octanol–water partition coefficient (Wildman–Crippen LogP) is 4.88. The van der Waals surface area contributed by atoms with Crippen molar-refractivity contribution in [2.24, 2.45) is 10.7 Å². The Morgan fingerprint density at radius 3 is 2.72 bits per heavy atom. The summed E-state index contributed by atoms with van der Waals surface area (Å²) in [5.74, 6) is -0.0449. The van der Waals surface area contributed by atoms with E-state index >= 15 is 0 Å². The number of aromatic nitrogens is 1. The van der Waals surface area contributed by atoms with E-state index in [1.165, 1.54) is 12.3 Å². The summed E-state index contributed by atoms with van der Waals surface area (Å²) in [4.78, 5) is 9.25. The molecular weight excluding hydrogens is 447 g/mol. The number of rotatable bonds is 5. The maximum absolute atomic E-state index is 14.8. The number of aliphatic imine (C=N–C) groups is 1. The van der Waals surface area contributed by atoms with Gasteiger partial charge in [-0.2, -0.15) is 0 Å². The quantitative estimate of drug-likeness (QED) is 0.522. The summed E-state index contributed by atoms with van der Waals surface area (Å²) in [5.41, 5.74) is 7.93. The molecule has 2 aromatic carbocycles. The van der Waals surface area contributed by atoms with Crippen LogP contribution in [0, 0.1) is 5.82 Å². The Kier molecular flexibility index (Phi) is 6.50. The summed E-state index contributed by atoms with van der Waals surface area (Å²) >= 11 is 11.3. The Bertz CT molecular complexity index is 1160. The Hall–Kier alpha value is -2.87. The maximum atomic E-state index is 14.8. The fraction of sp³-hybridized carbons (Fsp3) is 0.208. The number of anilines is 1. The zero-order valence-corrected chi connectivity index (χ0v) is 19.0. The minimum atomic E-state index is -0.959. The average Bonchev–Trinajstić information content (AvgIpc) is 2.78. The number of thiocarbonyl (C=S) groups is 1. The molecule has 3 aromatic rings. The normalized spacial score (nSPS) is 20.5. The second-order valence-electron chi connectivity index (χ2n) is 7.81. The van der Waals surface area contributed by atoms with Gasteiger partial charge < -0.3 is 15.8 Å². The van der Waals surface area contributed by atoms with Gasteiger partial charge in [0.15, 0.2) is 0 Å². The molecule has 0 bridgehead atoms. The Labute approximate surface area is 196 Å². The summed E-state index contributed by atoms with van der Waals surface area (Å²) in [5, 5.41) is 3.61. The molecule has 0 unspecified atom stereocenters. The van der Waals surface area contributed by atoms with Crippen LogP contribution in [-0.2, 0) is 16.7 Å². The molecule has 0 radical (unpaired) electrons. The van der Waals surface area contributed by atoms with Crippen molar-refractivity contribution in [3.05, 3.63) is 94.5 Å². The molecule has 2 heterocycles. The topological polar surface area (TPSA) is 72.5 Å². The Morgan fingerprint density at radius 1 is 1.25 bits per heavy atom. The molecule has 2 atom stereocenters. The van der Waals surface area contributed by atoms with Crippen molar-refractivity contribution in [2.45, 2.75) is 25.0 Å². The molecule has 164 valence electrons. The maximum Gasteiger partial charge on any atom is 0.129 e. The number of nitrogens with one attached hydrogen (secondary N) is 1. The zero-order chi connectivity index (χ0) is 22.7. The van der Waals surface area contributed by atoms with Crippen molar-refractivity contribution in [1.82, 2.24) is 4.98 Å². The molecule has 0 saturated heterocycles. The van der Waals surface area contributed by atoms with E-state index in [-0.39, 0.29) is 12.7 Å². The lowest BCUT2D eigenvalue weighted by atomic mass is 9.90. The molecule has 1 aromatic heterocycles. The van der Waals surface area contributed by atoms with E-state index < -0.39 is 11.4 Å². The number of pyridine rings is 1. The molecule has 3 N–H and O–H groups in total. The van der Waals surface area contributed by atoms with Crippen LogP contribution in [0.25, 0.3) is 0 Å². The number of hydrogen-bond acceptors (Lipinski definition) is 5. The van der Waals surface area contributed by atoms with Crippen molar-refractivity contribution >= 4 is 40.3 Å². The molecule has 4 rings (SSSR count). The third-order valence-corrected chi connectivity index (χ3v) is 5.83. The van der Waals surface area contributed by atoms with Crippen LogP contribution in [0.4, 0.5) is 10.1 Å². The van der Waals surface area contributed by atoms with E-state index in [4.69, 9.17) is 34.3 Å². The Balaban J connectivity index is 1.55. The number of ether oxygens (including phenoxy) is 1. The summed E-state index contributed by atoms with van der Waals surface area (Å²) in [6.45, 7) is 2.01. The van der Waals surface area contributed by atoms with E-state index in [1.54, 1.807) is 31.2 Å². The van der Waals surface area contributed by atoms with Gasteiger partial charge in [-0.05, 0) is 42.8 Å². The van der Waals surface area contributed by atoms with E-state index in [0.717, 1.165) is 5.56 Å². The number of benzene rings is 2. The summed E-state index contributed by atoms with van der Waals surface area (Å²) in [7, 11) is 0. The molecule has 0 amide bonds. The molecule has 0 aliphatic carbocycles. The third kappa shape index (κ3) is 4.96. The molecule has 0 fully saturated rings. The van der Waals surface area contributed by atoms with Crippen molar-refractivity contribution in [3.8, 4) is 0 Å². The number of halogens is 2. The van der Waals surface area contributed by atoms with Crippen LogP contribution in [0.3, 0.4) is 0 Å². The van der Waals surface area contributed by atoms with Crippen LogP contribution in [0.2, 0.25) is 5.02 Å². The molecule has 8 heteroatoms. The third-order valence-electron chi connectivity index (χ3n) is 5.30. The SMILES string of the molecule is C[C@@]1(c2cc(NC(=S)c3ccc(Cl)cn3)ccc2F)CO[C@@H](Cc2ccccc2)C(N)=N1. The second kappa shape index (κ2) is 9.32. The lowest BCUT2D eigenvalue weighted by Gasteiger charge is -2.34. The average molecular weight is 469 g/mol. The molecule has 1 aliphatic rings. The minimum absolute atomic E-state index is 0.203. The van der Waals surface area contributed by atoms with Gasteiger partial charge in [0.05, 0.1) is 17.3 Å². The standard InChI is InChI=1S/C24H22ClFN4OS/c1-24(14-31-21(22(27)30-24)11-15-5-3-2-4-6-15)18-12-17(8-9-19(18)26)29-23(32)20-10-7-16(25)13-28-20/h2-10,12-13,21H,11,14H2,1H3,(H2,27,30)(H,29,32)/t21-,24-/m0/s1. The zero-order valence-electron chi connectivity index (χ0n) is 17.4. The van der Waals surface area contributed by atoms with E-state index in [2.05, 4.69) is 15.3 Å². The first-order valence-corrected chi connectivity index (χ1v) is 10.9. The highest BCUT2D eigenvalue weighted by atomic mass is 35.5. The first-order chi connectivity index (χ1) is 15.3. The van der Waals surface area contributed by atoms with Crippen LogP contribution in [0.15, 0.2) is 71.9 Å². The van der Waals surface area contributed by atoms with Crippen LogP contribution in [-0.4, -0.2) is 28.5 Å². The summed E-state index contributed by atoms with van der Waals surface area (Å²) in [6.07, 6.45) is 1.78. The monoisotopic (exact) mass is 468 g/mol. The molecular formula is C24H22ClFN4OS. The largest absolute Gasteiger partial charge is 0.385 e. The van der Waals surface area contributed by atoms with Gasteiger partial charge >= 0.3 is 0 Å². The fourth-order valence-electron chi connectivity index (χ4n) is 3.59. The smallest absolute Gasteiger partial charge is 0.129 e. The van der Waals surface area contributed by atoms with Crippen molar-refractivity contribution < 1.29 is 9.13 Å². The number of nitrogens with two attached hydrogens (primary N) is 1. The molecule has 0 spiro atoms. The molecule has 5 nitrogen and oxygen atoms in total. The number of hydrogen-bond donors (Lipinski definition) is 2. The fourth-order valence-corrected chi connectivity index (χ4v) is 3.94. The van der Waals surface area contributed by atoms with Gasteiger partial charge in [0.25, 0.3) is 0 Å². The van der Waals surface area contributed by atoms with Gasteiger partial charge in [0, 0.05) is 23.9 Å². The molecule has 1 aliphatic heterocycles. The number of nitrogens with zero attached hydrogens (tertiary/aromatic N) is 2. The predicted molar refractivity (Wildman–Crippen MR) is 130 cm³/mol. The van der Waals surface area contributed by atoms with Gasteiger partial charge in [-0.3, -0.25) is 9.98 Å². The van der Waals surface area contributed by atoms with Crippen molar-refractivity contribution in [2.75, 3.05) is 11.9 Å². The first-order valence-electron chi connectivity index (χ1n) is 10.1. The highest BCUT2D eigenvalue weighted by molar-refractivity contribution is 7.81. The minimum Gasteiger partial charge on any atom is -0.385 e. The van der Waals surface area contributed by atoms with E-state index in [0.29, 0.717) is 39.2 Å². The van der Waals surface area contributed by atoms with Gasteiger partial charge in [0.1, 0.15) is 28.3 Å². The molecule has 32 heavy (non-hydrogen) atoms. The van der Waals surface area contributed by atoms with Crippen LogP contribution < -0.4 is 11.1 Å². The lowest BCUT2D eigenvalue weighted by molar-refractivity contribution is 0.0445.